The standard InChI is InChI=1S/C18H16FNO/c1-13(16-7-8-17(11-20)18(19)10-16)9-14-3-5-15(6-4-14)12-21-2/h3-10H,12H2,1-2H3. The molecule has 0 amide bonds. The Bertz CT molecular complexity index is 696. The van der Waals surface area contributed by atoms with E-state index < -0.39 is 5.82 Å². The van der Waals surface area contributed by atoms with E-state index in [4.69, 9.17) is 10.00 Å². The molecule has 0 bridgehead atoms. The Hall–Kier alpha value is -2.44. The van der Waals surface area contributed by atoms with Crippen molar-refractivity contribution >= 4 is 11.6 Å². The molecule has 0 aliphatic rings. The molecule has 3 heteroatoms. The summed E-state index contributed by atoms with van der Waals surface area (Å²) >= 11 is 0. The first-order valence-electron chi connectivity index (χ1n) is 6.60. The first-order chi connectivity index (χ1) is 10.1. The van der Waals surface area contributed by atoms with E-state index in [9.17, 15) is 4.39 Å². The number of rotatable bonds is 4. The molecule has 2 rings (SSSR count). The van der Waals surface area contributed by atoms with Crippen molar-refractivity contribution in [3.8, 4) is 6.07 Å². The van der Waals surface area contributed by atoms with Gasteiger partial charge in [-0.2, -0.15) is 5.26 Å². The number of nitrogens with zero attached hydrogens (tertiary/aromatic N) is 1. The quantitative estimate of drug-likeness (QED) is 0.778. The third-order valence-electron chi connectivity index (χ3n) is 3.22. The van der Waals surface area contributed by atoms with Gasteiger partial charge in [0.05, 0.1) is 12.2 Å². The van der Waals surface area contributed by atoms with Gasteiger partial charge in [-0.25, -0.2) is 4.39 Å². The molecule has 0 atom stereocenters. The maximum absolute atomic E-state index is 13.6. The van der Waals surface area contributed by atoms with Gasteiger partial charge in [0.1, 0.15) is 11.9 Å². The molecule has 106 valence electrons. The van der Waals surface area contributed by atoms with Crippen LogP contribution in [0.25, 0.3) is 11.6 Å². The number of hydrogen-bond acceptors (Lipinski definition) is 2. The molecule has 21 heavy (non-hydrogen) atoms. The second kappa shape index (κ2) is 6.83. The Balaban J connectivity index is 2.24. The predicted octanol–water partition coefficient (Wildman–Crippen LogP) is 4.40. The van der Waals surface area contributed by atoms with Gasteiger partial charge in [0.2, 0.25) is 0 Å². The SMILES string of the molecule is COCc1ccc(C=C(C)c2ccc(C#N)c(F)c2)cc1. The van der Waals surface area contributed by atoms with Crippen molar-refractivity contribution in [3.63, 3.8) is 0 Å². The molecule has 0 radical (unpaired) electrons. The van der Waals surface area contributed by atoms with Crippen molar-refractivity contribution in [3.05, 3.63) is 70.5 Å². The van der Waals surface area contributed by atoms with Crippen LogP contribution >= 0.6 is 0 Å². The lowest BCUT2D eigenvalue weighted by Gasteiger charge is -2.04. The van der Waals surface area contributed by atoms with Crippen molar-refractivity contribution < 1.29 is 9.13 Å². The van der Waals surface area contributed by atoms with Gasteiger partial charge in [0, 0.05) is 7.11 Å². The summed E-state index contributed by atoms with van der Waals surface area (Å²) in [5, 5.41) is 8.74. The number of allylic oxidation sites excluding steroid dienone is 1. The van der Waals surface area contributed by atoms with Gasteiger partial charge < -0.3 is 4.74 Å². The molecular weight excluding hydrogens is 265 g/mol. The maximum Gasteiger partial charge on any atom is 0.141 e. The molecule has 0 aliphatic carbocycles. The molecule has 0 N–H and O–H groups in total. The van der Waals surface area contributed by atoms with Crippen molar-refractivity contribution in [1.82, 2.24) is 0 Å². The van der Waals surface area contributed by atoms with E-state index in [0.29, 0.717) is 6.61 Å². The van der Waals surface area contributed by atoms with E-state index in [1.165, 1.54) is 12.1 Å². The van der Waals surface area contributed by atoms with Crippen molar-refractivity contribution in [2.24, 2.45) is 0 Å². The summed E-state index contributed by atoms with van der Waals surface area (Å²) in [5.74, 6) is -0.488. The number of ether oxygens (including phenoxy) is 1. The van der Waals surface area contributed by atoms with Gasteiger partial charge in [-0.15, -0.1) is 0 Å². The predicted molar refractivity (Wildman–Crippen MR) is 81.8 cm³/mol. The van der Waals surface area contributed by atoms with Crippen molar-refractivity contribution in [2.75, 3.05) is 7.11 Å². The normalized spacial score (nSPS) is 11.2. The zero-order valence-corrected chi connectivity index (χ0v) is 12.1. The highest BCUT2D eigenvalue weighted by Crippen LogP contribution is 2.20. The van der Waals surface area contributed by atoms with Crippen LogP contribution < -0.4 is 0 Å². The fourth-order valence-corrected chi connectivity index (χ4v) is 2.06. The minimum Gasteiger partial charge on any atom is -0.380 e. The lowest BCUT2D eigenvalue weighted by Crippen LogP contribution is -1.88. The van der Waals surface area contributed by atoms with Crippen LogP contribution in [0.2, 0.25) is 0 Å². The van der Waals surface area contributed by atoms with Gasteiger partial charge in [-0.05, 0) is 41.3 Å². The van der Waals surface area contributed by atoms with Crippen molar-refractivity contribution in [1.29, 1.82) is 5.26 Å². The van der Waals surface area contributed by atoms with Gasteiger partial charge in [0.15, 0.2) is 0 Å². The lowest BCUT2D eigenvalue weighted by atomic mass is 10.0. The van der Waals surface area contributed by atoms with E-state index in [1.54, 1.807) is 13.2 Å². The van der Waals surface area contributed by atoms with E-state index in [1.807, 2.05) is 43.3 Å². The molecule has 0 saturated heterocycles. The Labute approximate surface area is 124 Å². The highest BCUT2D eigenvalue weighted by atomic mass is 19.1. The van der Waals surface area contributed by atoms with Gasteiger partial charge in [-0.1, -0.05) is 36.4 Å². The Morgan fingerprint density at radius 1 is 1.24 bits per heavy atom. The smallest absolute Gasteiger partial charge is 0.141 e. The summed E-state index contributed by atoms with van der Waals surface area (Å²) < 4.78 is 18.7. The van der Waals surface area contributed by atoms with E-state index in [-0.39, 0.29) is 5.56 Å². The molecule has 0 heterocycles. The van der Waals surface area contributed by atoms with Crippen molar-refractivity contribution in [2.45, 2.75) is 13.5 Å². The molecule has 2 aromatic rings. The number of hydrogen-bond donors (Lipinski definition) is 0. The summed E-state index contributed by atoms with van der Waals surface area (Å²) in [4.78, 5) is 0. The minimum absolute atomic E-state index is 0.0652. The lowest BCUT2D eigenvalue weighted by molar-refractivity contribution is 0.185. The topological polar surface area (TPSA) is 33.0 Å². The molecule has 0 saturated carbocycles. The summed E-state index contributed by atoms with van der Waals surface area (Å²) in [6.45, 7) is 2.51. The number of halogens is 1. The van der Waals surface area contributed by atoms with E-state index in [0.717, 1.165) is 22.3 Å². The highest BCUT2D eigenvalue weighted by Gasteiger charge is 2.04. The fraction of sp³-hybridized carbons (Fsp3) is 0.167. The van der Waals surface area contributed by atoms with Gasteiger partial charge in [-0.3, -0.25) is 0 Å². The zero-order chi connectivity index (χ0) is 15.2. The Morgan fingerprint density at radius 2 is 1.95 bits per heavy atom. The second-order valence-electron chi connectivity index (χ2n) is 4.81. The van der Waals surface area contributed by atoms with Crippen LogP contribution in [0.15, 0.2) is 42.5 Å². The molecule has 0 fully saturated rings. The van der Waals surface area contributed by atoms with Gasteiger partial charge >= 0.3 is 0 Å². The number of benzene rings is 2. The summed E-state index contributed by atoms with van der Waals surface area (Å²) in [6.07, 6.45) is 1.98. The molecule has 0 aliphatic heterocycles. The number of nitriles is 1. The van der Waals surface area contributed by atoms with E-state index in [2.05, 4.69) is 0 Å². The van der Waals surface area contributed by atoms with Crippen LogP contribution in [-0.2, 0) is 11.3 Å². The zero-order valence-electron chi connectivity index (χ0n) is 12.1. The maximum atomic E-state index is 13.6. The molecular formula is C18H16FNO. The molecule has 2 nitrogen and oxygen atoms in total. The summed E-state index contributed by atoms with van der Waals surface area (Å²) in [7, 11) is 1.66. The van der Waals surface area contributed by atoms with Crippen LogP contribution in [-0.4, -0.2) is 7.11 Å². The largest absolute Gasteiger partial charge is 0.380 e. The second-order valence-corrected chi connectivity index (χ2v) is 4.81. The summed E-state index contributed by atoms with van der Waals surface area (Å²) in [6, 6.07) is 14.5. The first-order valence-corrected chi connectivity index (χ1v) is 6.60. The van der Waals surface area contributed by atoms with Crippen LogP contribution in [0.1, 0.15) is 29.2 Å². The molecule has 0 spiro atoms. The summed E-state index contributed by atoms with van der Waals surface area (Å²) in [5.41, 5.74) is 3.93. The third-order valence-corrected chi connectivity index (χ3v) is 3.22. The minimum atomic E-state index is -0.488. The van der Waals surface area contributed by atoms with Crippen LogP contribution in [0.3, 0.4) is 0 Å². The van der Waals surface area contributed by atoms with E-state index >= 15 is 0 Å². The highest BCUT2D eigenvalue weighted by molar-refractivity contribution is 5.80. The molecule has 0 aromatic heterocycles. The third kappa shape index (κ3) is 3.77. The average Bonchev–Trinajstić information content (AvgIpc) is 2.49. The van der Waals surface area contributed by atoms with Crippen LogP contribution in [0.4, 0.5) is 4.39 Å². The molecule has 0 unspecified atom stereocenters. The first kappa shape index (κ1) is 15.0. The monoisotopic (exact) mass is 281 g/mol. The molecule has 2 aromatic carbocycles. The number of methoxy groups -OCH3 is 1. The van der Waals surface area contributed by atoms with Gasteiger partial charge in [0.25, 0.3) is 0 Å². The average molecular weight is 281 g/mol. The fourth-order valence-electron chi connectivity index (χ4n) is 2.06. The van der Waals surface area contributed by atoms with Crippen LogP contribution in [0, 0.1) is 17.1 Å². The van der Waals surface area contributed by atoms with Crippen LogP contribution in [0.5, 0.6) is 0 Å². The Morgan fingerprint density at radius 3 is 2.52 bits per heavy atom. The Kier molecular flexibility index (Phi) is 4.86.